The monoisotopic (exact) mass is 271 g/mol. The van der Waals surface area contributed by atoms with Crippen LogP contribution in [0.15, 0.2) is 0 Å². The van der Waals surface area contributed by atoms with E-state index in [-0.39, 0.29) is 18.6 Å². The summed E-state index contributed by atoms with van der Waals surface area (Å²) in [6, 6.07) is -0.207. The zero-order chi connectivity index (χ0) is 13.7. The van der Waals surface area contributed by atoms with Crippen molar-refractivity contribution in [3.63, 3.8) is 0 Å². The molecular weight excluding hydrogens is 250 g/mol. The fourth-order valence-electron chi connectivity index (χ4n) is 1.81. The summed E-state index contributed by atoms with van der Waals surface area (Å²) in [4.78, 5) is 12.2. The molecule has 1 heterocycles. The highest BCUT2D eigenvalue weighted by atomic mass is 32.1. The molecule has 102 valence electrons. The summed E-state index contributed by atoms with van der Waals surface area (Å²) in [6.07, 6.45) is 0.758. The van der Waals surface area contributed by atoms with Gasteiger partial charge in [-0.25, -0.2) is 0 Å². The molecule has 18 heavy (non-hydrogen) atoms. The molecule has 0 aliphatic carbocycles. The average molecular weight is 271 g/mol. The van der Waals surface area contributed by atoms with Gasteiger partial charge in [0, 0.05) is 7.05 Å². The van der Waals surface area contributed by atoms with E-state index in [0.717, 1.165) is 11.4 Å². The Labute approximate surface area is 112 Å². The highest BCUT2D eigenvalue weighted by molar-refractivity contribution is 7.10. The Morgan fingerprint density at radius 3 is 2.67 bits per heavy atom. The van der Waals surface area contributed by atoms with Crippen LogP contribution in [0.3, 0.4) is 0 Å². The molecule has 1 aromatic rings. The van der Waals surface area contributed by atoms with Crippen molar-refractivity contribution in [1.82, 2.24) is 9.69 Å². The molecule has 1 atom stereocenters. The van der Waals surface area contributed by atoms with Crippen LogP contribution >= 0.6 is 11.5 Å². The van der Waals surface area contributed by atoms with Gasteiger partial charge in [-0.3, -0.25) is 4.79 Å². The van der Waals surface area contributed by atoms with Crippen molar-refractivity contribution in [1.29, 1.82) is 0 Å². The molecule has 0 radical (unpaired) electrons. The molecule has 0 spiro atoms. The van der Waals surface area contributed by atoms with Crippen molar-refractivity contribution < 1.29 is 9.90 Å². The molecule has 1 aromatic heterocycles. The molecule has 0 fully saturated rings. The Hall–Kier alpha value is -1.14. The second-order valence-electron chi connectivity index (χ2n) is 4.70. The maximum atomic E-state index is 12.2. The van der Waals surface area contributed by atoms with Crippen LogP contribution < -0.4 is 10.6 Å². The van der Waals surface area contributed by atoms with E-state index in [1.807, 2.05) is 6.92 Å². The Balaban J connectivity index is 2.77. The van der Waals surface area contributed by atoms with Gasteiger partial charge in [0.05, 0.1) is 23.9 Å². The van der Waals surface area contributed by atoms with Crippen LogP contribution in [-0.4, -0.2) is 35.1 Å². The van der Waals surface area contributed by atoms with Gasteiger partial charge in [-0.05, 0) is 30.8 Å². The number of anilines is 1. The van der Waals surface area contributed by atoms with E-state index in [0.29, 0.717) is 17.2 Å². The minimum Gasteiger partial charge on any atom is -0.394 e. The summed E-state index contributed by atoms with van der Waals surface area (Å²) >= 11 is 1.27. The number of carbonyl (C=O) groups excluding carboxylic acids is 1. The number of amides is 1. The zero-order valence-corrected chi connectivity index (χ0v) is 12.1. The number of rotatable bonds is 6. The van der Waals surface area contributed by atoms with E-state index in [1.54, 1.807) is 7.05 Å². The van der Waals surface area contributed by atoms with Crippen LogP contribution in [0.2, 0.25) is 0 Å². The molecule has 1 unspecified atom stereocenters. The number of aromatic nitrogens is 1. The lowest BCUT2D eigenvalue weighted by atomic mass is 10.0. The second-order valence-corrected chi connectivity index (χ2v) is 5.48. The first-order chi connectivity index (χ1) is 8.49. The number of hydrogen-bond acceptors (Lipinski definition) is 5. The van der Waals surface area contributed by atoms with Crippen molar-refractivity contribution in [3.05, 3.63) is 11.3 Å². The third-order valence-corrected chi connectivity index (χ3v) is 3.58. The van der Waals surface area contributed by atoms with E-state index in [2.05, 4.69) is 28.9 Å². The van der Waals surface area contributed by atoms with Gasteiger partial charge in [0.1, 0.15) is 5.00 Å². The first-order valence-electron chi connectivity index (χ1n) is 6.05. The molecule has 0 bridgehead atoms. The van der Waals surface area contributed by atoms with Crippen LogP contribution in [0.5, 0.6) is 0 Å². The predicted octanol–water partition coefficient (Wildman–Crippen LogP) is 1.63. The minimum atomic E-state index is -0.207. The Morgan fingerprint density at radius 2 is 2.17 bits per heavy atom. The molecule has 3 N–H and O–H groups in total. The SMILES string of the molecule is CNc1snc(C)c1C(=O)NC(CO)CC(C)C. The Bertz CT molecular complexity index is 404. The number of aryl methyl sites for hydroxylation is 1. The average Bonchev–Trinajstić information content (AvgIpc) is 2.68. The van der Waals surface area contributed by atoms with Gasteiger partial charge in [0.2, 0.25) is 0 Å². The summed E-state index contributed by atoms with van der Waals surface area (Å²) < 4.78 is 4.16. The molecule has 6 heteroatoms. The van der Waals surface area contributed by atoms with Crippen molar-refractivity contribution >= 4 is 22.4 Å². The molecule has 0 aliphatic rings. The molecule has 0 aromatic carbocycles. The van der Waals surface area contributed by atoms with Crippen LogP contribution in [-0.2, 0) is 0 Å². The van der Waals surface area contributed by atoms with Crippen LogP contribution in [0.1, 0.15) is 36.3 Å². The minimum absolute atomic E-state index is 0.0462. The lowest BCUT2D eigenvalue weighted by Gasteiger charge is -2.18. The van der Waals surface area contributed by atoms with Gasteiger partial charge in [-0.1, -0.05) is 13.8 Å². The van der Waals surface area contributed by atoms with E-state index >= 15 is 0 Å². The Kier molecular flexibility index (Phi) is 5.55. The number of aliphatic hydroxyl groups is 1. The van der Waals surface area contributed by atoms with E-state index in [4.69, 9.17) is 0 Å². The van der Waals surface area contributed by atoms with Gasteiger partial charge in [-0.2, -0.15) is 4.37 Å². The largest absolute Gasteiger partial charge is 0.394 e. The standard InChI is InChI=1S/C12H21N3O2S/c1-7(2)5-9(6-16)14-11(17)10-8(3)15-18-12(10)13-4/h7,9,13,16H,5-6H2,1-4H3,(H,14,17). The smallest absolute Gasteiger partial charge is 0.256 e. The zero-order valence-electron chi connectivity index (χ0n) is 11.3. The number of carbonyl (C=O) groups is 1. The number of nitrogens with one attached hydrogen (secondary N) is 2. The van der Waals surface area contributed by atoms with Gasteiger partial charge in [0.25, 0.3) is 5.91 Å². The molecule has 5 nitrogen and oxygen atoms in total. The fraction of sp³-hybridized carbons (Fsp3) is 0.667. The molecule has 0 saturated heterocycles. The quantitative estimate of drug-likeness (QED) is 0.735. The first kappa shape index (κ1) is 14.9. The third-order valence-electron chi connectivity index (χ3n) is 2.63. The maximum Gasteiger partial charge on any atom is 0.256 e. The summed E-state index contributed by atoms with van der Waals surface area (Å²) in [5, 5.41) is 15.8. The third kappa shape index (κ3) is 3.68. The predicted molar refractivity (Wildman–Crippen MR) is 74.2 cm³/mol. The molecular formula is C12H21N3O2S. The normalized spacial score (nSPS) is 12.6. The summed E-state index contributed by atoms with van der Waals surface area (Å²) in [7, 11) is 1.77. The van der Waals surface area contributed by atoms with Crippen LogP contribution in [0, 0.1) is 12.8 Å². The maximum absolute atomic E-state index is 12.2. The van der Waals surface area contributed by atoms with Crippen molar-refractivity contribution in [2.45, 2.75) is 33.2 Å². The summed E-state index contributed by atoms with van der Waals surface area (Å²) in [5.74, 6) is 0.248. The van der Waals surface area contributed by atoms with E-state index in [1.165, 1.54) is 11.5 Å². The molecule has 1 rings (SSSR count). The van der Waals surface area contributed by atoms with Gasteiger partial charge in [0.15, 0.2) is 0 Å². The second kappa shape index (κ2) is 6.70. The number of hydrogen-bond donors (Lipinski definition) is 3. The molecule has 0 aliphatic heterocycles. The van der Waals surface area contributed by atoms with Crippen LogP contribution in [0.4, 0.5) is 5.00 Å². The first-order valence-corrected chi connectivity index (χ1v) is 6.82. The fourth-order valence-corrected chi connectivity index (χ4v) is 2.56. The molecule has 0 saturated carbocycles. The van der Waals surface area contributed by atoms with Gasteiger partial charge < -0.3 is 15.7 Å². The lowest BCUT2D eigenvalue weighted by Crippen LogP contribution is -2.38. The van der Waals surface area contributed by atoms with Gasteiger partial charge in [-0.15, -0.1) is 0 Å². The highest BCUT2D eigenvalue weighted by Gasteiger charge is 2.20. The van der Waals surface area contributed by atoms with Crippen molar-refractivity contribution in [2.75, 3.05) is 19.0 Å². The Morgan fingerprint density at radius 1 is 1.50 bits per heavy atom. The van der Waals surface area contributed by atoms with Gasteiger partial charge >= 0.3 is 0 Å². The summed E-state index contributed by atoms with van der Waals surface area (Å²) in [5.41, 5.74) is 1.28. The topological polar surface area (TPSA) is 74.2 Å². The molecule has 1 amide bonds. The number of nitrogens with zero attached hydrogens (tertiary/aromatic N) is 1. The van der Waals surface area contributed by atoms with Crippen molar-refractivity contribution in [2.24, 2.45) is 5.92 Å². The van der Waals surface area contributed by atoms with E-state index in [9.17, 15) is 9.90 Å². The van der Waals surface area contributed by atoms with E-state index < -0.39 is 0 Å². The van der Waals surface area contributed by atoms with Crippen LogP contribution in [0.25, 0.3) is 0 Å². The lowest BCUT2D eigenvalue weighted by molar-refractivity contribution is 0.0908. The number of aliphatic hydroxyl groups excluding tert-OH is 1. The highest BCUT2D eigenvalue weighted by Crippen LogP contribution is 2.23. The van der Waals surface area contributed by atoms with Crippen molar-refractivity contribution in [3.8, 4) is 0 Å². The summed E-state index contributed by atoms with van der Waals surface area (Å²) in [6.45, 7) is 5.88.